The van der Waals surface area contributed by atoms with Crippen LogP contribution in [0.5, 0.6) is 0 Å². The first-order valence-electron chi connectivity index (χ1n) is 10.5. The molecule has 2 rings (SSSR count). The molecular weight excluding hydrogens is 521 g/mol. The summed E-state index contributed by atoms with van der Waals surface area (Å²) in [6.07, 6.45) is 0.984. The highest BCUT2D eigenvalue weighted by Crippen LogP contribution is 2.27. The van der Waals surface area contributed by atoms with Gasteiger partial charge in [-0.05, 0) is 48.7 Å². The number of halogens is 3. The zero-order valence-corrected chi connectivity index (χ0v) is 22.5. The average molecular weight is 549 g/mol. The minimum Gasteiger partial charge on any atom is -0.354 e. The highest BCUT2D eigenvalue weighted by molar-refractivity contribution is 7.92. The highest BCUT2D eigenvalue weighted by Gasteiger charge is 2.30. The molecule has 0 aromatic heterocycles. The Labute approximate surface area is 216 Å². The molecular formula is C23H28Cl3N3O4S. The Kier molecular flexibility index (Phi) is 10.1. The van der Waals surface area contributed by atoms with Crippen LogP contribution in [0.1, 0.15) is 26.3 Å². The zero-order chi connectivity index (χ0) is 25.6. The van der Waals surface area contributed by atoms with Gasteiger partial charge in [-0.3, -0.25) is 13.9 Å². The highest BCUT2D eigenvalue weighted by atomic mass is 35.5. The summed E-state index contributed by atoms with van der Waals surface area (Å²) in [5.74, 6) is -0.679. The van der Waals surface area contributed by atoms with Gasteiger partial charge in [0.15, 0.2) is 0 Å². The molecule has 0 heterocycles. The van der Waals surface area contributed by atoms with Gasteiger partial charge in [0.05, 0.1) is 11.9 Å². The van der Waals surface area contributed by atoms with Gasteiger partial charge in [0, 0.05) is 28.2 Å². The molecule has 0 saturated carbocycles. The molecule has 1 atom stereocenters. The van der Waals surface area contributed by atoms with Gasteiger partial charge in [0.2, 0.25) is 21.8 Å². The number of anilines is 1. The summed E-state index contributed by atoms with van der Waals surface area (Å²) >= 11 is 18.1. The maximum Gasteiger partial charge on any atom is 0.244 e. The number of rotatable bonds is 10. The predicted octanol–water partition coefficient (Wildman–Crippen LogP) is 4.60. The molecule has 2 aromatic carbocycles. The first-order valence-corrected chi connectivity index (χ1v) is 13.5. The quantitative estimate of drug-likeness (QED) is 0.470. The molecule has 186 valence electrons. The molecule has 11 heteroatoms. The molecule has 0 fully saturated rings. The second-order valence-corrected chi connectivity index (χ2v) is 11.6. The van der Waals surface area contributed by atoms with E-state index in [9.17, 15) is 18.0 Å². The van der Waals surface area contributed by atoms with Crippen molar-refractivity contribution in [1.29, 1.82) is 0 Å². The smallest absolute Gasteiger partial charge is 0.244 e. The van der Waals surface area contributed by atoms with E-state index in [1.165, 1.54) is 23.1 Å². The number of amides is 2. The van der Waals surface area contributed by atoms with Crippen molar-refractivity contribution in [1.82, 2.24) is 10.2 Å². The van der Waals surface area contributed by atoms with E-state index in [-0.39, 0.29) is 34.1 Å². The van der Waals surface area contributed by atoms with Crippen LogP contribution in [0.15, 0.2) is 42.5 Å². The topological polar surface area (TPSA) is 86.8 Å². The average Bonchev–Trinajstić information content (AvgIpc) is 2.73. The van der Waals surface area contributed by atoms with Crippen LogP contribution in [0, 0.1) is 5.92 Å². The van der Waals surface area contributed by atoms with Gasteiger partial charge in [0.1, 0.15) is 12.6 Å². The third-order valence-electron chi connectivity index (χ3n) is 4.93. The fourth-order valence-corrected chi connectivity index (χ4v) is 4.59. The fraction of sp³-hybridized carbons (Fsp3) is 0.391. The number of carbonyl (C=O) groups excluding carboxylic acids is 2. The molecule has 34 heavy (non-hydrogen) atoms. The summed E-state index contributed by atoms with van der Waals surface area (Å²) in [4.78, 5) is 27.6. The molecule has 2 amide bonds. The second kappa shape index (κ2) is 12.1. The van der Waals surface area contributed by atoms with Crippen molar-refractivity contribution in [3.8, 4) is 0 Å². The number of carbonyl (C=O) groups is 2. The molecule has 0 aliphatic heterocycles. The van der Waals surface area contributed by atoms with E-state index in [1.807, 2.05) is 13.8 Å². The number of benzene rings is 2. The summed E-state index contributed by atoms with van der Waals surface area (Å²) in [5.41, 5.74) is 0.884. The largest absolute Gasteiger partial charge is 0.354 e. The zero-order valence-electron chi connectivity index (χ0n) is 19.4. The second-order valence-electron chi connectivity index (χ2n) is 8.36. The maximum atomic E-state index is 13.4. The van der Waals surface area contributed by atoms with Gasteiger partial charge in [-0.2, -0.15) is 0 Å². The number of hydrogen-bond donors (Lipinski definition) is 1. The van der Waals surface area contributed by atoms with Gasteiger partial charge in [-0.15, -0.1) is 0 Å². The third-order valence-corrected chi connectivity index (χ3v) is 6.76. The van der Waals surface area contributed by atoms with Crippen molar-refractivity contribution in [3.63, 3.8) is 0 Å². The van der Waals surface area contributed by atoms with Crippen molar-refractivity contribution in [2.24, 2.45) is 5.92 Å². The lowest BCUT2D eigenvalue weighted by atomic mass is 10.1. The molecule has 0 spiro atoms. The number of hydrogen-bond acceptors (Lipinski definition) is 4. The molecule has 0 aliphatic rings. The first-order chi connectivity index (χ1) is 15.8. The Hall–Kier alpha value is -2.00. The molecule has 1 N–H and O–H groups in total. The molecule has 0 aliphatic carbocycles. The Bertz CT molecular complexity index is 1100. The lowest BCUT2D eigenvalue weighted by Crippen LogP contribution is -2.51. The summed E-state index contributed by atoms with van der Waals surface area (Å²) in [6, 6.07) is 10.3. The van der Waals surface area contributed by atoms with Crippen LogP contribution in [-0.4, -0.2) is 50.5 Å². The van der Waals surface area contributed by atoms with E-state index >= 15 is 0 Å². The molecule has 0 saturated heterocycles. The Balaban J connectivity index is 2.39. The van der Waals surface area contributed by atoms with E-state index in [4.69, 9.17) is 34.8 Å². The van der Waals surface area contributed by atoms with Gasteiger partial charge < -0.3 is 10.2 Å². The van der Waals surface area contributed by atoms with Crippen molar-refractivity contribution in [2.75, 3.05) is 23.7 Å². The maximum absolute atomic E-state index is 13.4. The fourth-order valence-electron chi connectivity index (χ4n) is 3.12. The normalized spacial score (nSPS) is 12.4. The van der Waals surface area contributed by atoms with E-state index in [1.54, 1.807) is 31.2 Å². The van der Waals surface area contributed by atoms with E-state index < -0.39 is 28.5 Å². The Morgan fingerprint density at radius 3 is 2.00 bits per heavy atom. The van der Waals surface area contributed by atoms with Crippen LogP contribution >= 0.6 is 34.8 Å². The standard InChI is InChI=1S/C23H28Cl3N3O4S/c1-15(2)12-27-23(31)16(3)28(13-17-5-7-18(24)8-6-17)22(30)14-29(34(4,32)33)21-10-19(25)9-20(26)11-21/h5-11,15-16H,12-14H2,1-4H3,(H,27,31). The minimum absolute atomic E-state index is 0.0835. The monoisotopic (exact) mass is 547 g/mol. The Morgan fingerprint density at radius 1 is 0.941 bits per heavy atom. The van der Waals surface area contributed by atoms with Crippen LogP contribution in [0.25, 0.3) is 0 Å². The van der Waals surface area contributed by atoms with Crippen molar-refractivity contribution >= 4 is 62.3 Å². The minimum atomic E-state index is -3.88. The van der Waals surface area contributed by atoms with Crippen LogP contribution in [0.3, 0.4) is 0 Å². The lowest BCUT2D eigenvalue weighted by molar-refractivity contribution is -0.139. The predicted molar refractivity (Wildman–Crippen MR) is 138 cm³/mol. The van der Waals surface area contributed by atoms with Crippen molar-refractivity contribution < 1.29 is 18.0 Å². The van der Waals surface area contributed by atoms with Crippen molar-refractivity contribution in [2.45, 2.75) is 33.4 Å². The molecule has 1 unspecified atom stereocenters. The van der Waals surface area contributed by atoms with Crippen LogP contribution in [-0.2, 0) is 26.2 Å². The number of nitrogens with zero attached hydrogens (tertiary/aromatic N) is 2. The van der Waals surface area contributed by atoms with Crippen LogP contribution in [0.2, 0.25) is 15.1 Å². The summed E-state index contributed by atoms with van der Waals surface area (Å²) in [5, 5.41) is 3.80. The van der Waals surface area contributed by atoms with Crippen molar-refractivity contribution in [3.05, 3.63) is 63.1 Å². The molecule has 7 nitrogen and oxygen atoms in total. The molecule has 0 radical (unpaired) electrons. The number of sulfonamides is 1. The van der Waals surface area contributed by atoms with Gasteiger partial charge in [0.25, 0.3) is 0 Å². The summed E-state index contributed by atoms with van der Waals surface area (Å²) in [7, 11) is -3.88. The SMILES string of the molecule is CC(C)CNC(=O)C(C)N(Cc1ccc(Cl)cc1)C(=O)CN(c1cc(Cl)cc(Cl)c1)S(C)(=O)=O. The van der Waals surface area contributed by atoms with Gasteiger partial charge in [-0.25, -0.2) is 8.42 Å². The summed E-state index contributed by atoms with van der Waals surface area (Å²) < 4.78 is 26.0. The number of nitrogens with one attached hydrogen (secondary N) is 1. The van der Waals surface area contributed by atoms with Gasteiger partial charge >= 0.3 is 0 Å². The summed E-state index contributed by atoms with van der Waals surface area (Å²) in [6.45, 7) is 5.52. The van der Waals surface area contributed by atoms with Crippen LogP contribution < -0.4 is 9.62 Å². The van der Waals surface area contributed by atoms with E-state index in [0.717, 1.165) is 16.1 Å². The molecule has 0 bridgehead atoms. The van der Waals surface area contributed by atoms with Crippen LogP contribution in [0.4, 0.5) is 5.69 Å². The van der Waals surface area contributed by atoms with E-state index in [0.29, 0.717) is 11.6 Å². The Morgan fingerprint density at radius 2 is 1.50 bits per heavy atom. The lowest BCUT2D eigenvalue weighted by Gasteiger charge is -2.31. The van der Waals surface area contributed by atoms with Gasteiger partial charge in [-0.1, -0.05) is 60.8 Å². The molecule has 2 aromatic rings. The van der Waals surface area contributed by atoms with E-state index in [2.05, 4.69) is 5.32 Å². The third kappa shape index (κ3) is 8.34. The first kappa shape index (κ1) is 28.2.